The van der Waals surface area contributed by atoms with Crippen LogP contribution < -0.4 is 10.5 Å². The highest BCUT2D eigenvalue weighted by atomic mass is 19.4. The standard InChI is InChI=1S/C26H31F3N6O/c1-5-20-15-35(22-13-24(36)32(4)23-16-33(12-11-30)31-25(22)23)21(6-2)14-34(20)17(3)18-7-9-19(10-8-18)26(27,28)29/h7-10,13,16-17,20-21H,5-6,12,14-15H2,1-4H3/t17?,20-,21+/m1/s1. The van der Waals surface area contributed by atoms with E-state index in [1.807, 2.05) is 6.92 Å². The molecule has 0 bridgehead atoms. The van der Waals surface area contributed by atoms with Crippen LogP contribution in [0.15, 0.2) is 41.3 Å². The van der Waals surface area contributed by atoms with Crippen molar-refractivity contribution < 1.29 is 13.2 Å². The molecule has 10 heteroatoms. The summed E-state index contributed by atoms with van der Waals surface area (Å²) in [6, 6.07) is 9.30. The van der Waals surface area contributed by atoms with E-state index < -0.39 is 11.7 Å². The van der Waals surface area contributed by atoms with E-state index in [0.29, 0.717) is 24.1 Å². The van der Waals surface area contributed by atoms with Gasteiger partial charge in [-0.2, -0.15) is 23.5 Å². The van der Waals surface area contributed by atoms with Gasteiger partial charge in [-0.1, -0.05) is 26.0 Å². The van der Waals surface area contributed by atoms with E-state index in [0.717, 1.165) is 36.2 Å². The van der Waals surface area contributed by atoms with Crippen LogP contribution in [-0.2, 0) is 19.8 Å². The molecule has 1 aliphatic rings. The van der Waals surface area contributed by atoms with E-state index in [1.54, 1.807) is 40.7 Å². The topological polar surface area (TPSA) is 70.1 Å². The van der Waals surface area contributed by atoms with Crippen LogP contribution in [0.1, 0.15) is 50.8 Å². The first-order chi connectivity index (χ1) is 17.1. The molecule has 1 aromatic carbocycles. The van der Waals surface area contributed by atoms with Crippen LogP contribution in [0.3, 0.4) is 0 Å². The monoisotopic (exact) mass is 500 g/mol. The van der Waals surface area contributed by atoms with E-state index in [-0.39, 0.29) is 30.2 Å². The number of rotatable bonds is 6. The lowest BCUT2D eigenvalue weighted by molar-refractivity contribution is -0.137. The van der Waals surface area contributed by atoms with Crippen molar-refractivity contribution in [2.75, 3.05) is 18.0 Å². The van der Waals surface area contributed by atoms with Crippen LogP contribution >= 0.6 is 0 Å². The Morgan fingerprint density at radius 2 is 1.81 bits per heavy atom. The van der Waals surface area contributed by atoms with Gasteiger partial charge in [-0.15, -0.1) is 0 Å². The number of hydrogen-bond donors (Lipinski definition) is 0. The third-order valence-electron chi connectivity index (χ3n) is 7.38. The summed E-state index contributed by atoms with van der Waals surface area (Å²) < 4.78 is 42.2. The lowest BCUT2D eigenvalue weighted by Gasteiger charge is -2.49. The first-order valence-corrected chi connectivity index (χ1v) is 12.2. The molecule has 36 heavy (non-hydrogen) atoms. The fourth-order valence-electron chi connectivity index (χ4n) is 5.21. The number of aryl methyl sites for hydroxylation is 1. The van der Waals surface area contributed by atoms with Crippen LogP contribution in [0.4, 0.5) is 18.9 Å². The van der Waals surface area contributed by atoms with Crippen LogP contribution in [0.2, 0.25) is 0 Å². The molecule has 3 atom stereocenters. The van der Waals surface area contributed by atoms with E-state index in [1.165, 1.54) is 0 Å². The van der Waals surface area contributed by atoms with Gasteiger partial charge >= 0.3 is 6.18 Å². The second-order valence-electron chi connectivity index (χ2n) is 9.41. The fraction of sp³-hybridized carbons (Fsp3) is 0.500. The zero-order valence-electron chi connectivity index (χ0n) is 21.0. The molecule has 0 radical (unpaired) electrons. The van der Waals surface area contributed by atoms with Crippen LogP contribution in [0.25, 0.3) is 11.0 Å². The molecule has 1 aliphatic heterocycles. The zero-order valence-corrected chi connectivity index (χ0v) is 21.0. The number of halogens is 3. The Labute approximate surface area is 208 Å². The van der Waals surface area contributed by atoms with E-state index in [9.17, 15) is 18.0 Å². The molecule has 0 N–H and O–H groups in total. The van der Waals surface area contributed by atoms with Crippen molar-refractivity contribution in [1.82, 2.24) is 19.2 Å². The minimum absolute atomic E-state index is 0.0630. The normalized spacial score (nSPS) is 20.0. The minimum Gasteiger partial charge on any atom is -0.364 e. The van der Waals surface area contributed by atoms with Gasteiger partial charge in [-0.3, -0.25) is 14.4 Å². The molecule has 192 valence electrons. The van der Waals surface area contributed by atoms with Gasteiger partial charge in [0.05, 0.1) is 29.0 Å². The molecule has 7 nitrogen and oxygen atoms in total. The van der Waals surface area contributed by atoms with Crippen molar-refractivity contribution in [2.24, 2.45) is 7.05 Å². The highest BCUT2D eigenvalue weighted by Gasteiger charge is 2.37. The van der Waals surface area contributed by atoms with Gasteiger partial charge in [-0.25, -0.2) is 0 Å². The van der Waals surface area contributed by atoms with Gasteiger partial charge in [0, 0.05) is 44.3 Å². The Morgan fingerprint density at radius 3 is 2.39 bits per heavy atom. The summed E-state index contributed by atoms with van der Waals surface area (Å²) in [6.07, 6.45) is -0.966. The highest BCUT2D eigenvalue weighted by Crippen LogP contribution is 2.35. The quantitative estimate of drug-likeness (QED) is 0.490. The van der Waals surface area contributed by atoms with E-state index in [2.05, 4.69) is 34.8 Å². The number of piperazine rings is 1. The molecule has 4 rings (SSSR count). The van der Waals surface area contributed by atoms with E-state index in [4.69, 9.17) is 5.26 Å². The molecule has 1 unspecified atom stereocenters. The summed E-state index contributed by atoms with van der Waals surface area (Å²) >= 11 is 0. The third kappa shape index (κ3) is 4.72. The molecule has 0 saturated carbocycles. The Kier molecular flexibility index (Phi) is 7.14. The summed E-state index contributed by atoms with van der Waals surface area (Å²) in [5.74, 6) is 0. The molecule has 0 aliphatic carbocycles. The van der Waals surface area contributed by atoms with Gasteiger partial charge in [0.1, 0.15) is 12.1 Å². The van der Waals surface area contributed by atoms with Crippen molar-refractivity contribution in [2.45, 2.75) is 64.5 Å². The number of benzene rings is 1. The summed E-state index contributed by atoms with van der Waals surface area (Å²) in [7, 11) is 1.70. The maximum absolute atomic E-state index is 13.0. The molecule has 3 aromatic rings. The number of fused-ring (bicyclic) bond motifs is 1. The molecular formula is C26H31F3N6O. The summed E-state index contributed by atoms with van der Waals surface area (Å²) in [6.45, 7) is 7.68. The van der Waals surface area contributed by atoms with Crippen molar-refractivity contribution in [1.29, 1.82) is 5.26 Å². The van der Waals surface area contributed by atoms with Gasteiger partial charge in [0.2, 0.25) is 0 Å². The predicted octanol–water partition coefficient (Wildman–Crippen LogP) is 4.72. The molecule has 2 aromatic heterocycles. The van der Waals surface area contributed by atoms with Crippen LogP contribution in [0.5, 0.6) is 0 Å². The third-order valence-corrected chi connectivity index (χ3v) is 7.38. The minimum atomic E-state index is -4.36. The lowest BCUT2D eigenvalue weighted by atomic mass is 9.96. The number of alkyl halides is 3. The number of anilines is 1. The van der Waals surface area contributed by atoms with Gasteiger partial charge < -0.3 is 9.47 Å². The highest BCUT2D eigenvalue weighted by molar-refractivity contribution is 5.88. The first-order valence-electron chi connectivity index (χ1n) is 12.2. The lowest BCUT2D eigenvalue weighted by Crippen LogP contribution is -2.58. The Morgan fingerprint density at radius 1 is 1.14 bits per heavy atom. The number of hydrogen-bond acceptors (Lipinski definition) is 5. The van der Waals surface area contributed by atoms with Gasteiger partial charge in [0.25, 0.3) is 5.56 Å². The van der Waals surface area contributed by atoms with Crippen molar-refractivity contribution in [3.63, 3.8) is 0 Å². The summed E-state index contributed by atoms with van der Waals surface area (Å²) in [5.41, 5.74) is 2.18. The molecule has 0 amide bonds. The molecule has 1 saturated heterocycles. The number of aromatic nitrogens is 3. The maximum atomic E-state index is 13.0. The Bertz CT molecular complexity index is 1320. The smallest absolute Gasteiger partial charge is 0.364 e. The molecule has 0 spiro atoms. The second kappa shape index (κ2) is 9.97. The number of pyridine rings is 1. The second-order valence-corrected chi connectivity index (χ2v) is 9.41. The first kappa shape index (κ1) is 25.8. The van der Waals surface area contributed by atoms with Gasteiger partial charge in [0.15, 0.2) is 0 Å². The maximum Gasteiger partial charge on any atom is 0.416 e. The van der Waals surface area contributed by atoms with Crippen molar-refractivity contribution in [3.8, 4) is 6.07 Å². The average Bonchev–Trinajstić information content (AvgIpc) is 3.29. The average molecular weight is 501 g/mol. The fourth-order valence-corrected chi connectivity index (χ4v) is 5.21. The Balaban J connectivity index is 1.68. The predicted molar refractivity (Wildman–Crippen MR) is 133 cm³/mol. The summed E-state index contributed by atoms with van der Waals surface area (Å²) in [5, 5.41) is 13.7. The summed E-state index contributed by atoms with van der Waals surface area (Å²) in [4.78, 5) is 17.4. The number of nitriles is 1. The molecule has 3 heterocycles. The zero-order chi connectivity index (χ0) is 26.2. The van der Waals surface area contributed by atoms with E-state index >= 15 is 0 Å². The largest absolute Gasteiger partial charge is 0.416 e. The van der Waals surface area contributed by atoms with Crippen LogP contribution in [-0.4, -0.2) is 44.4 Å². The van der Waals surface area contributed by atoms with Gasteiger partial charge in [-0.05, 0) is 37.5 Å². The van der Waals surface area contributed by atoms with Crippen molar-refractivity contribution in [3.05, 3.63) is 58.0 Å². The molecule has 1 fully saturated rings. The van der Waals surface area contributed by atoms with Crippen LogP contribution in [0, 0.1) is 11.3 Å². The van der Waals surface area contributed by atoms with Crippen molar-refractivity contribution >= 4 is 16.7 Å². The molecular weight excluding hydrogens is 469 g/mol. The Hall–Kier alpha value is -3.32. The SMILES string of the molecule is CC[C@H]1CN(C(C)c2ccc(C(F)(F)F)cc2)[C@H](CC)CN1c1cc(=O)n(C)c2cn(CC#N)nc12. The number of nitrogens with zero attached hydrogens (tertiary/aromatic N) is 6.